The summed E-state index contributed by atoms with van der Waals surface area (Å²) in [5.41, 5.74) is 2.36. The summed E-state index contributed by atoms with van der Waals surface area (Å²) in [5, 5.41) is 10.3. The van der Waals surface area contributed by atoms with Gasteiger partial charge in [0, 0.05) is 11.4 Å². The molecule has 1 aliphatic rings. The van der Waals surface area contributed by atoms with Gasteiger partial charge in [-0.05, 0) is 25.0 Å². The maximum Gasteiger partial charge on any atom is 0.148 e. The standard InChI is InChI=1S/C17H23NOS2/c1-3-4-5-6-11-18-16(19)12-15(21-17(18)20)14-9-7-13(2)8-10-14/h7-10,12,16,19H,3-6,11H2,1-2H3. The molecule has 21 heavy (non-hydrogen) atoms. The molecule has 114 valence electrons. The Labute approximate surface area is 137 Å². The fourth-order valence-electron chi connectivity index (χ4n) is 2.33. The lowest BCUT2D eigenvalue weighted by atomic mass is 10.1. The van der Waals surface area contributed by atoms with E-state index in [2.05, 4.69) is 38.1 Å². The molecule has 0 saturated heterocycles. The SMILES string of the molecule is CCCCCCN1C(=S)SC(c2ccc(C)cc2)=CC1O. The number of unbranched alkanes of at least 4 members (excludes halogenated alkanes) is 3. The lowest BCUT2D eigenvalue weighted by Gasteiger charge is -2.32. The van der Waals surface area contributed by atoms with Crippen LogP contribution in [-0.4, -0.2) is 27.1 Å². The molecule has 0 aromatic heterocycles. The number of hydrogen-bond donors (Lipinski definition) is 1. The van der Waals surface area contributed by atoms with Crippen LogP contribution in [-0.2, 0) is 0 Å². The van der Waals surface area contributed by atoms with Gasteiger partial charge in [-0.25, -0.2) is 0 Å². The summed E-state index contributed by atoms with van der Waals surface area (Å²) in [6.07, 6.45) is 6.05. The number of aliphatic hydroxyl groups is 1. The lowest BCUT2D eigenvalue weighted by Crippen LogP contribution is -2.39. The first-order valence-electron chi connectivity index (χ1n) is 7.57. The predicted molar refractivity (Wildman–Crippen MR) is 96.2 cm³/mol. The van der Waals surface area contributed by atoms with Crippen molar-refractivity contribution in [1.29, 1.82) is 0 Å². The summed E-state index contributed by atoms with van der Waals surface area (Å²) in [6.45, 7) is 5.11. The Morgan fingerprint density at radius 2 is 1.90 bits per heavy atom. The van der Waals surface area contributed by atoms with E-state index in [0.29, 0.717) is 0 Å². The topological polar surface area (TPSA) is 23.5 Å². The molecule has 2 rings (SSSR count). The first-order valence-corrected chi connectivity index (χ1v) is 8.79. The lowest BCUT2D eigenvalue weighted by molar-refractivity contribution is 0.0992. The molecule has 0 saturated carbocycles. The van der Waals surface area contributed by atoms with Crippen molar-refractivity contribution < 1.29 is 5.11 Å². The third-order valence-corrected chi connectivity index (χ3v) is 5.13. The summed E-state index contributed by atoms with van der Waals surface area (Å²) in [7, 11) is 0. The number of hydrogen-bond acceptors (Lipinski definition) is 3. The Balaban J connectivity index is 2.02. The monoisotopic (exact) mass is 321 g/mol. The molecule has 0 spiro atoms. The van der Waals surface area contributed by atoms with Crippen LogP contribution in [0.15, 0.2) is 30.3 Å². The summed E-state index contributed by atoms with van der Waals surface area (Å²) < 4.78 is 0.775. The zero-order valence-corrected chi connectivity index (χ0v) is 14.3. The molecule has 1 N–H and O–H groups in total. The molecule has 1 unspecified atom stereocenters. The molecule has 0 radical (unpaired) electrons. The maximum atomic E-state index is 10.3. The van der Waals surface area contributed by atoms with Gasteiger partial charge in [0.25, 0.3) is 0 Å². The van der Waals surface area contributed by atoms with Crippen LogP contribution in [0.3, 0.4) is 0 Å². The zero-order valence-electron chi connectivity index (χ0n) is 12.7. The van der Waals surface area contributed by atoms with E-state index in [-0.39, 0.29) is 0 Å². The van der Waals surface area contributed by atoms with Crippen LogP contribution in [0.5, 0.6) is 0 Å². The van der Waals surface area contributed by atoms with Gasteiger partial charge < -0.3 is 10.0 Å². The van der Waals surface area contributed by atoms with E-state index in [0.717, 1.165) is 27.8 Å². The van der Waals surface area contributed by atoms with Crippen LogP contribution in [0, 0.1) is 6.92 Å². The third-order valence-electron chi connectivity index (χ3n) is 3.64. The fourth-order valence-corrected chi connectivity index (χ4v) is 3.74. The van der Waals surface area contributed by atoms with Crippen LogP contribution in [0.1, 0.15) is 43.7 Å². The van der Waals surface area contributed by atoms with E-state index in [1.165, 1.54) is 24.8 Å². The van der Waals surface area contributed by atoms with Gasteiger partial charge >= 0.3 is 0 Å². The van der Waals surface area contributed by atoms with Crippen molar-refractivity contribution in [2.75, 3.05) is 6.54 Å². The van der Waals surface area contributed by atoms with Gasteiger partial charge in [-0.2, -0.15) is 0 Å². The van der Waals surface area contributed by atoms with Crippen LogP contribution < -0.4 is 0 Å². The normalized spacial score (nSPS) is 18.8. The number of aliphatic hydroxyl groups excluding tert-OH is 1. The number of aryl methyl sites for hydroxylation is 1. The van der Waals surface area contributed by atoms with Crippen molar-refractivity contribution in [2.45, 2.75) is 45.8 Å². The van der Waals surface area contributed by atoms with Crippen LogP contribution in [0.2, 0.25) is 0 Å². The molecule has 1 aliphatic heterocycles. The quantitative estimate of drug-likeness (QED) is 0.612. The molecule has 0 bridgehead atoms. The maximum absolute atomic E-state index is 10.3. The van der Waals surface area contributed by atoms with Crippen molar-refractivity contribution in [1.82, 2.24) is 4.90 Å². The van der Waals surface area contributed by atoms with E-state index in [9.17, 15) is 5.11 Å². The molecular weight excluding hydrogens is 298 g/mol. The highest BCUT2D eigenvalue weighted by Crippen LogP contribution is 2.35. The first-order chi connectivity index (χ1) is 10.1. The number of thioether (sulfide) groups is 1. The van der Waals surface area contributed by atoms with Crippen molar-refractivity contribution in [3.63, 3.8) is 0 Å². The number of benzene rings is 1. The second-order valence-electron chi connectivity index (χ2n) is 5.43. The van der Waals surface area contributed by atoms with Gasteiger partial charge in [0.15, 0.2) is 0 Å². The molecule has 1 heterocycles. The van der Waals surface area contributed by atoms with Crippen molar-refractivity contribution in [2.24, 2.45) is 0 Å². The molecule has 0 fully saturated rings. The molecule has 0 amide bonds. The minimum absolute atomic E-state index is 0.600. The fraction of sp³-hybridized carbons (Fsp3) is 0.471. The number of thiocarbonyl (C=S) groups is 1. The molecule has 1 aromatic carbocycles. The van der Waals surface area contributed by atoms with Gasteiger partial charge in [0.05, 0.1) is 0 Å². The van der Waals surface area contributed by atoms with E-state index in [1.807, 2.05) is 11.0 Å². The van der Waals surface area contributed by atoms with Crippen LogP contribution >= 0.6 is 24.0 Å². The largest absolute Gasteiger partial charge is 0.370 e. The van der Waals surface area contributed by atoms with E-state index in [4.69, 9.17) is 12.2 Å². The minimum Gasteiger partial charge on any atom is -0.370 e. The highest BCUT2D eigenvalue weighted by Gasteiger charge is 2.24. The van der Waals surface area contributed by atoms with Gasteiger partial charge in [-0.1, -0.05) is 80.0 Å². The first kappa shape index (κ1) is 16.5. The summed E-state index contributed by atoms with van der Waals surface area (Å²) in [6, 6.07) is 8.34. The Morgan fingerprint density at radius 1 is 1.19 bits per heavy atom. The van der Waals surface area contributed by atoms with Gasteiger partial charge in [0.2, 0.25) is 0 Å². The van der Waals surface area contributed by atoms with E-state index >= 15 is 0 Å². The molecule has 4 heteroatoms. The second-order valence-corrected chi connectivity index (χ2v) is 7.11. The van der Waals surface area contributed by atoms with Gasteiger partial charge in [-0.3, -0.25) is 0 Å². The minimum atomic E-state index is -0.600. The van der Waals surface area contributed by atoms with Gasteiger partial charge in [-0.15, -0.1) is 0 Å². The molecule has 1 atom stereocenters. The highest BCUT2D eigenvalue weighted by atomic mass is 32.2. The Hall–Kier alpha value is -0.840. The highest BCUT2D eigenvalue weighted by molar-refractivity contribution is 8.29. The Bertz CT molecular complexity index is 510. The Morgan fingerprint density at radius 3 is 2.52 bits per heavy atom. The third kappa shape index (κ3) is 4.56. The number of rotatable bonds is 6. The van der Waals surface area contributed by atoms with Crippen LogP contribution in [0.25, 0.3) is 4.91 Å². The molecule has 2 nitrogen and oxygen atoms in total. The smallest absolute Gasteiger partial charge is 0.148 e. The van der Waals surface area contributed by atoms with Crippen LogP contribution in [0.4, 0.5) is 0 Å². The summed E-state index contributed by atoms with van der Waals surface area (Å²) in [4.78, 5) is 2.98. The molecule has 0 aliphatic carbocycles. The summed E-state index contributed by atoms with van der Waals surface area (Å²) in [5.74, 6) is 0. The van der Waals surface area contributed by atoms with Crippen molar-refractivity contribution in [3.05, 3.63) is 41.5 Å². The molecule has 1 aromatic rings. The number of nitrogens with zero attached hydrogens (tertiary/aromatic N) is 1. The second kappa shape index (κ2) is 7.97. The Kier molecular flexibility index (Phi) is 6.27. The van der Waals surface area contributed by atoms with Crippen molar-refractivity contribution in [3.8, 4) is 0 Å². The average molecular weight is 322 g/mol. The average Bonchev–Trinajstić information content (AvgIpc) is 2.46. The molecular formula is C17H23NOS2. The van der Waals surface area contributed by atoms with Crippen molar-refractivity contribution >= 4 is 33.2 Å². The predicted octanol–water partition coefficient (Wildman–Crippen LogP) is 4.57. The summed E-state index contributed by atoms with van der Waals surface area (Å²) >= 11 is 7.05. The van der Waals surface area contributed by atoms with E-state index < -0.39 is 6.23 Å². The van der Waals surface area contributed by atoms with Gasteiger partial charge in [0.1, 0.15) is 10.5 Å². The van der Waals surface area contributed by atoms with E-state index in [1.54, 1.807) is 11.8 Å². The zero-order chi connectivity index (χ0) is 15.2.